The molecule has 2 saturated carbocycles. The van der Waals surface area contributed by atoms with Crippen LogP contribution in [0.4, 0.5) is 0 Å². The van der Waals surface area contributed by atoms with Crippen LogP contribution in [0.1, 0.15) is 57.9 Å². The Morgan fingerprint density at radius 3 is 2.68 bits per heavy atom. The average molecular weight is 459 g/mol. The lowest BCUT2D eigenvalue weighted by Gasteiger charge is -2.40. The standard InChI is InChI=1S/C29H34N2O3/c1-15-11-19-23-20(28(23,4)5)13-17(3)29(26(19)32)14-16(2)25(21(29)12-15)34-27(33)24-18-9-7-8-10-22(18)30-31(24)6/h7-11,14,17,19-21,23,25H,12-13H2,1-6H3/t17?,19-,20+,21+,23-,25-,29?/m0/s1. The van der Waals surface area contributed by atoms with E-state index in [2.05, 4.69) is 44.9 Å². The molecule has 6 rings (SSSR count). The molecule has 4 aliphatic rings. The fourth-order valence-electron chi connectivity index (χ4n) is 8.03. The van der Waals surface area contributed by atoms with Crippen LogP contribution < -0.4 is 0 Å². The predicted molar refractivity (Wildman–Crippen MR) is 131 cm³/mol. The minimum Gasteiger partial charge on any atom is -0.453 e. The Morgan fingerprint density at radius 2 is 1.91 bits per heavy atom. The third-order valence-corrected chi connectivity index (χ3v) is 9.75. The number of nitrogens with zero attached hydrogens (tertiary/aromatic N) is 2. The van der Waals surface area contributed by atoms with Crippen molar-refractivity contribution < 1.29 is 14.3 Å². The first-order chi connectivity index (χ1) is 16.1. The van der Waals surface area contributed by atoms with E-state index in [1.807, 2.05) is 31.2 Å². The Kier molecular flexibility index (Phi) is 4.45. The Hall–Kier alpha value is -2.69. The highest BCUT2D eigenvalue weighted by Gasteiger charge is 2.70. The minimum atomic E-state index is -0.564. The highest BCUT2D eigenvalue weighted by molar-refractivity contribution is 6.02. The fraction of sp³-hybridized carbons (Fsp3) is 0.552. The zero-order chi connectivity index (χ0) is 24.2. The van der Waals surface area contributed by atoms with Gasteiger partial charge in [0.15, 0.2) is 11.5 Å². The number of esters is 1. The molecule has 5 heteroatoms. The predicted octanol–water partition coefficient (Wildman–Crippen LogP) is 5.51. The van der Waals surface area contributed by atoms with Gasteiger partial charge in [-0.15, -0.1) is 0 Å². The van der Waals surface area contributed by atoms with Gasteiger partial charge in [-0.3, -0.25) is 9.48 Å². The van der Waals surface area contributed by atoms with Crippen molar-refractivity contribution in [2.24, 2.45) is 47.5 Å². The molecular weight excluding hydrogens is 424 g/mol. The second-order valence-corrected chi connectivity index (χ2v) is 11.9. The van der Waals surface area contributed by atoms with E-state index in [0.717, 1.165) is 29.3 Å². The number of rotatable bonds is 2. The van der Waals surface area contributed by atoms with Gasteiger partial charge < -0.3 is 4.74 Å². The Bertz CT molecular complexity index is 1300. The molecule has 0 N–H and O–H groups in total. The van der Waals surface area contributed by atoms with Gasteiger partial charge in [-0.05, 0) is 61.5 Å². The average Bonchev–Trinajstić information content (AvgIpc) is 3.06. The molecule has 1 heterocycles. The van der Waals surface area contributed by atoms with Crippen molar-refractivity contribution >= 4 is 22.7 Å². The van der Waals surface area contributed by atoms with E-state index in [-0.39, 0.29) is 29.1 Å². The molecule has 1 aromatic heterocycles. The van der Waals surface area contributed by atoms with Crippen molar-refractivity contribution in [3.8, 4) is 0 Å². The fourth-order valence-corrected chi connectivity index (χ4v) is 8.03. The summed E-state index contributed by atoms with van der Waals surface area (Å²) in [5.41, 5.74) is 3.15. The quantitative estimate of drug-likeness (QED) is 0.440. The monoisotopic (exact) mass is 458 g/mol. The number of allylic oxidation sites excluding steroid dienone is 3. The number of Topliss-reactive ketones (excluding diaryl/α,β-unsaturated/α-hetero) is 1. The van der Waals surface area contributed by atoms with Crippen LogP contribution >= 0.6 is 0 Å². The molecule has 1 spiro atoms. The summed E-state index contributed by atoms with van der Waals surface area (Å²) >= 11 is 0. The van der Waals surface area contributed by atoms with E-state index in [4.69, 9.17) is 4.74 Å². The molecule has 34 heavy (non-hydrogen) atoms. The van der Waals surface area contributed by atoms with Crippen LogP contribution in [0.15, 0.2) is 47.6 Å². The molecule has 2 unspecified atom stereocenters. The maximum absolute atomic E-state index is 14.3. The molecular formula is C29H34N2O3. The second-order valence-electron chi connectivity index (χ2n) is 11.9. The first-order valence-electron chi connectivity index (χ1n) is 12.6. The van der Waals surface area contributed by atoms with E-state index in [0.29, 0.717) is 23.3 Å². The SMILES string of the molecule is CC1=C[C@@H]2C(=O)C3(C=C(C)[C@H](OC(=O)c4c5ccccc5nn4C)[C@H]3C1)C(C)C[C@@H]1[C@H]2C1(C)C. The number of hydrogen-bond acceptors (Lipinski definition) is 4. The lowest BCUT2D eigenvalue weighted by molar-refractivity contribution is -0.135. The molecule has 4 aliphatic carbocycles. The number of carbonyl (C=O) groups is 2. The molecule has 7 atom stereocenters. The molecule has 2 aromatic rings. The summed E-state index contributed by atoms with van der Waals surface area (Å²) in [5, 5.41) is 5.28. The van der Waals surface area contributed by atoms with Gasteiger partial charge in [-0.2, -0.15) is 5.10 Å². The van der Waals surface area contributed by atoms with Crippen LogP contribution in [0.25, 0.3) is 10.9 Å². The topological polar surface area (TPSA) is 61.2 Å². The lowest BCUT2D eigenvalue weighted by Crippen LogP contribution is -2.46. The summed E-state index contributed by atoms with van der Waals surface area (Å²) in [6, 6.07) is 7.64. The number of hydrogen-bond donors (Lipinski definition) is 0. The van der Waals surface area contributed by atoms with Gasteiger partial charge >= 0.3 is 5.97 Å². The number of fused-ring (bicyclic) bond motifs is 4. The highest BCUT2D eigenvalue weighted by Crippen LogP contribution is 2.71. The summed E-state index contributed by atoms with van der Waals surface area (Å²) in [5.74, 6) is 1.12. The molecule has 0 amide bonds. The minimum absolute atomic E-state index is 0.0329. The molecule has 0 aliphatic heterocycles. The Morgan fingerprint density at radius 1 is 1.18 bits per heavy atom. The van der Waals surface area contributed by atoms with Crippen molar-refractivity contribution in [3.05, 3.63) is 53.3 Å². The molecule has 5 nitrogen and oxygen atoms in total. The maximum atomic E-state index is 14.3. The highest BCUT2D eigenvalue weighted by atomic mass is 16.5. The number of aromatic nitrogens is 2. The summed E-state index contributed by atoms with van der Waals surface area (Å²) < 4.78 is 7.90. The van der Waals surface area contributed by atoms with Crippen LogP contribution in [0, 0.1) is 40.4 Å². The molecule has 0 saturated heterocycles. The first kappa shape index (κ1) is 21.8. The molecule has 178 valence electrons. The second kappa shape index (κ2) is 6.93. The van der Waals surface area contributed by atoms with Crippen molar-refractivity contribution in [2.75, 3.05) is 0 Å². The van der Waals surface area contributed by atoms with Gasteiger partial charge in [0.2, 0.25) is 0 Å². The van der Waals surface area contributed by atoms with Crippen LogP contribution in [-0.4, -0.2) is 27.6 Å². The Balaban J connectivity index is 1.39. The smallest absolute Gasteiger partial charge is 0.357 e. The van der Waals surface area contributed by atoms with Crippen molar-refractivity contribution in [1.82, 2.24) is 9.78 Å². The van der Waals surface area contributed by atoms with E-state index in [1.165, 1.54) is 5.57 Å². The number of carbonyl (C=O) groups excluding carboxylic acids is 2. The van der Waals surface area contributed by atoms with Crippen molar-refractivity contribution in [2.45, 2.75) is 53.6 Å². The van der Waals surface area contributed by atoms with Crippen LogP contribution in [-0.2, 0) is 16.6 Å². The molecule has 0 radical (unpaired) electrons. The lowest BCUT2D eigenvalue weighted by atomic mass is 9.62. The van der Waals surface area contributed by atoms with Gasteiger partial charge in [-0.25, -0.2) is 4.79 Å². The zero-order valence-corrected chi connectivity index (χ0v) is 21.0. The van der Waals surface area contributed by atoms with E-state index in [9.17, 15) is 9.59 Å². The largest absolute Gasteiger partial charge is 0.453 e. The third kappa shape index (κ3) is 2.70. The van der Waals surface area contributed by atoms with Gasteiger partial charge in [-0.1, -0.05) is 56.7 Å². The van der Waals surface area contributed by atoms with Crippen LogP contribution in [0.3, 0.4) is 0 Å². The van der Waals surface area contributed by atoms with E-state index in [1.54, 1.807) is 11.7 Å². The van der Waals surface area contributed by atoms with Crippen molar-refractivity contribution in [3.63, 3.8) is 0 Å². The number of ether oxygens (including phenoxy) is 1. The Labute approximate surface area is 201 Å². The summed E-state index contributed by atoms with van der Waals surface area (Å²) in [6.45, 7) is 11.1. The number of benzene rings is 1. The summed E-state index contributed by atoms with van der Waals surface area (Å²) in [7, 11) is 1.78. The maximum Gasteiger partial charge on any atom is 0.357 e. The van der Waals surface area contributed by atoms with E-state index < -0.39 is 11.5 Å². The van der Waals surface area contributed by atoms with Crippen LogP contribution in [0.5, 0.6) is 0 Å². The number of aryl methyl sites for hydroxylation is 1. The summed E-state index contributed by atoms with van der Waals surface area (Å²) in [4.78, 5) is 27.8. The van der Waals surface area contributed by atoms with Gasteiger partial charge in [0.25, 0.3) is 0 Å². The molecule has 2 fully saturated rings. The molecule has 1 aromatic carbocycles. The number of ketones is 1. The van der Waals surface area contributed by atoms with Gasteiger partial charge in [0.1, 0.15) is 6.10 Å². The first-order valence-corrected chi connectivity index (χ1v) is 12.6. The third-order valence-electron chi connectivity index (χ3n) is 9.75. The van der Waals surface area contributed by atoms with E-state index >= 15 is 0 Å². The summed E-state index contributed by atoms with van der Waals surface area (Å²) in [6.07, 6.45) is 5.88. The van der Waals surface area contributed by atoms with Gasteiger partial charge in [0, 0.05) is 24.3 Å². The normalized spacial score (nSPS) is 37.8. The zero-order valence-electron chi connectivity index (χ0n) is 21.0. The van der Waals surface area contributed by atoms with Crippen LogP contribution in [0.2, 0.25) is 0 Å². The van der Waals surface area contributed by atoms with Crippen molar-refractivity contribution in [1.29, 1.82) is 0 Å². The molecule has 2 bridgehead atoms. The van der Waals surface area contributed by atoms with Gasteiger partial charge in [0.05, 0.1) is 10.9 Å².